The van der Waals surface area contributed by atoms with Crippen LogP contribution in [0.3, 0.4) is 0 Å². The Morgan fingerprint density at radius 2 is 2.00 bits per heavy atom. The van der Waals surface area contributed by atoms with Crippen LogP contribution in [0.5, 0.6) is 0 Å². The zero-order chi connectivity index (χ0) is 14.4. The molecule has 1 rings (SSSR count). The van der Waals surface area contributed by atoms with E-state index in [1.165, 1.54) is 12.8 Å². The Bertz CT molecular complexity index is 316. The fourth-order valence-corrected chi connectivity index (χ4v) is 2.06. The summed E-state index contributed by atoms with van der Waals surface area (Å²) in [6.45, 7) is 7.99. The summed E-state index contributed by atoms with van der Waals surface area (Å²) in [6.07, 6.45) is 2.49. The number of rotatable bonds is 8. The molecule has 19 heavy (non-hydrogen) atoms. The number of carboxylic acids is 1. The number of nitrogens with one attached hydrogen (secondary N) is 2. The molecule has 0 aliphatic heterocycles. The third-order valence-electron chi connectivity index (χ3n) is 3.37. The van der Waals surface area contributed by atoms with Crippen molar-refractivity contribution in [3.8, 4) is 0 Å². The molecule has 110 valence electrons. The lowest BCUT2D eigenvalue weighted by atomic mass is 10.1. The summed E-state index contributed by atoms with van der Waals surface area (Å²) in [5.74, 6) is -1.14. The van der Waals surface area contributed by atoms with Crippen LogP contribution in [0.25, 0.3) is 0 Å². The lowest BCUT2D eigenvalue weighted by Crippen LogP contribution is -2.49. The number of aliphatic carboxylic acids is 1. The van der Waals surface area contributed by atoms with Gasteiger partial charge in [-0.2, -0.15) is 0 Å². The molecule has 1 aliphatic carbocycles. The Hall–Kier alpha value is -1.30. The van der Waals surface area contributed by atoms with Gasteiger partial charge in [-0.1, -0.05) is 20.8 Å². The van der Waals surface area contributed by atoms with E-state index in [4.69, 9.17) is 5.11 Å². The molecule has 0 radical (unpaired) electrons. The van der Waals surface area contributed by atoms with Gasteiger partial charge in [0.15, 0.2) is 0 Å². The fraction of sp³-hybridized carbons (Fsp3) is 0.846. The average Bonchev–Trinajstić information content (AvgIpc) is 3.15. The van der Waals surface area contributed by atoms with E-state index in [0.29, 0.717) is 12.6 Å². The minimum absolute atomic E-state index is 0.137. The SMILES string of the molecule is CCN(CCNC(=O)N[C@@H](C(=O)O)C(C)C)C1CC1. The van der Waals surface area contributed by atoms with Gasteiger partial charge in [-0.15, -0.1) is 0 Å². The van der Waals surface area contributed by atoms with Gasteiger partial charge in [0.25, 0.3) is 0 Å². The largest absolute Gasteiger partial charge is 0.480 e. The van der Waals surface area contributed by atoms with Crippen molar-refractivity contribution in [1.29, 1.82) is 0 Å². The van der Waals surface area contributed by atoms with Crippen LogP contribution < -0.4 is 10.6 Å². The van der Waals surface area contributed by atoms with Gasteiger partial charge in [0, 0.05) is 19.1 Å². The Morgan fingerprint density at radius 1 is 1.37 bits per heavy atom. The van der Waals surface area contributed by atoms with Gasteiger partial charge >= 0.3 is 12.0 Å². The summed E-state index contributed by atoms with van der Waals surface area (Å²) in [6, 6.07) is -0.573. The first kappa shape index (κ1) is 15.8. The Balaban J connectivity index is 2.24. The molecule has 0 spiro atoms. The van der Waals surface area contributed by atoms with Crippen LogP contribution in [-0.4, -0.2) is 53.7 Å². The molecule has 0 unspecified atom stereocenters. The number of amides is 2. The van der Waals surface area contributed by atoms with Crippen molar-refractivity contribution in [2.45, 2.75) is 45.7 Å². The number of hydrogen-bond donors (Lipinski definition) is 3. The number of nitrogens with zero attached hydrogens (tertiary/aromatic N) is 1. The predicted molar refractivity (Wildman–Crippen MR) is 73.1 cm³/mol. The van der Waals surface area contributed by atoms with E-state index in [2.05, 4.69) is 22.5 Å². The summed E-state index contributed by atoms with van der Waals surface area (Å²) in [5, 5.41) is 14.2. The maximum absolute atomic E-state index is 11.6. The molecule has 0 saturated heterocycles. The summed E-state index contributed by atoms with van der Waals surface area (Å²) < 4.78 is 0. The number of carboxylic acid groups (broad SMARTS) is 1. The predicted octanol–water partition coefficient (Wildman–Crippen LogP) is 0.879. The molecule has 1 fully saturated rings. The third kappa shape index (κ3) is 5.46. The van der Waals surface area contributed by atoms with E-state index in [1.54, 1.807) is 13.8 Å². The highest BCUT2D eigenvalue weighted by atomic mass is 16.4. The van der Waals surface area contributed by atoms with Crippen molar-refractivity contribution in [3.63, 3.8) is 0 Å². The molecule has 0 aromatic carbocycles. The molecule has 0 aromatic rings. The third-order valence-corrected chi connectivity index (χ3v) is 3.37. The van der Waals surface area contributed by atoms with E-state index < -0.39 is 18.0 Å². The van der Waals surface area contributed by atoms with E-state index in [1.807, 2.05) is 0 Å². The van der Waals surface area contributed by atoms with Crippen LogP contribution in [-0.2, 0) is 4.79 Å². The maximum Gasteiger partial charge on any atom is 0.326 e. The van der Waals surface area contributed by atoms with E-state index in [-0.39, 0.29) is 5.92 Å². The molecule has 3 N–H and O–H groups in total. The van der Waals surface area contributed by atoms with Crippen molar-refractivity contribution >= 4 is 12.0 Å². The molecular formula is C13H25N3O3. The number of urea groups is 1. The minimum Gasteiger partial charge on any atom is -0.480 e. The molecule has 0 heterocycles. The van der Waals surface area contributed by atoms with Gasteiger partial charge in [-0.25, -0.2) is 9.59 Å². The van der Waals surface area contributed by atoms with Gasteiger partial charge in [0.05, 0.1) is 0 Å². The standard InChI is InChI=1S/C13H25N3O3/c1-4-16(10-5-6-10)8-7-14-13(19)15-11(9(2)3)12(17)18/h9-11H,4-8H2,1-3H3,(H,17,18)(H2,14,15,19)/t11-/m1/s1. The van der Waals surface area contributed by atoms with Crippen LogP contribution in [0, 0.1) is 5.92 Å². The highest BCUT2D eigenvalue weighted by molar-refractivity contribution is 5.82. The smallest absolute Gasteiger partial charge is 0.326 e. The van der Waals surface area contributed by atoms with Crippen molar-refractivity contribution in [1.82, 2.24) is 15.5 Å². The second kappa shape index (κ2) is 7.33. The molecular weight excluding hydrogens is 246 g/mol. The Kier molecular flexibility index (Phi) is 6.08. The van der Waals surface area contributed by atoms with Gasteiger partial charge in [0.1, 0.15) is 6.04 Å². The summed E-state index contributed by atoms with van der Waals surface area (Å²) in [4.78, 5) is 24.9. The molecule has 0 aromatic heterocycles. The topological polar surface area (TPSA) is 81.7 Å². The van der Waals surface area contributed by atoms with Crippen LogP contribution in [0.2, 0.25) is 0 Å². The highest BCUT2D eigenvalue weighted by Gasteiger charge is 2.27. The van der Waals surface area contributed by atoms with E-state index in [9.17, 15) is 9.59 Å². The monoisotopic (exact) mass is 271 g/mol. The number of hydrogen-bond acceptors (Lipinski definition) is 3. The van der Waals surface area contributed by atoms with Crippen molar-refractivity contribution in [2.75, 3.05) is 19.6 Å². The first-order chi connectivity index (χ1) is 8.95. The normalized spacial score (nSPS) is 16.5. The molecule has 1 aliphatic rings. The molecule has 6 heteroatoms. The number of likely N-dealkylation sites (N-methyl/N-ethyl adjacent to an activating group) is 1. The molecule has 1 atom stereocenters. The quantitative estimate of drug-likeness (QED) is 0.612. The van der Waals surface area contributed by atoms with Crippen molar-refractivity contribution in [2.24, 2.45) is 5.92 Å². The van der Waals surface area contributed by atoms with Gasteiger partial charge < -0.3 is 15.7 Å². The van der Waals surface area contributed by atoms with Crippen LogP contribution in [0.15, 0.2) is 0 Å². The van der Waals surface area contributed by atoms with Crippen molar-refractivity contribution < 1.29 is 14.7 Å². The number of carbonyl (C=O) groups excluding carboxylic acids is 1. The summed E-state index contributed by atoms with van der Waals surface area (Å²) >= 11 is 0. The van der Waals surface area contributed by atoms with Gasteiger partial charge in [-0.05, 0) is 25.3 Å². The van der Waals surface area contributed by atoms with E-state index in [0.717, 1.165) is 13.1 Å². The maximum atomic E-state index is 11.6. The lowest BCUT2D eigenvalue weighted by molar-refractivity contribution is -0.140. The fourth-order valence-electron chi connectivity index (χ4n) is 2.06. The zero-order valence-electron chi connectivity index (χ0n) is 12.0. The average molecular weight is 271 g/mol. The second-order valence-electron chi connectivity index (χ2n) is 5.32. The molecule has 6 nitrogen and oxygen atoms in total. The van der Waals surface area contributed by atoms with Gasteiger partial charge in [0.2, 0.25) is 0 Å². The summed E-state index contributed by atoms with van der Waals surface area (Å²) in [7, 11) is 0. The van der Waals surface area contributed by atoms with Crippen LogP contribution >= 0.6 is 0 Å². The van der Waals surface area contributed by atoms with E-state index >= 15 is 0 Å². The lowest BCUT2D eigenvalue weighted by Gasteiger charge is -2.21. The minimum atomic E-state index is -1.00. The molecule has 1 saturated carbocycles. The summed E-state index contributed by atoms with van der Waals surface area (Å²) in [5.41, 5.74) is 0. The highest BCUT2D eigenvalue weighted by Crippen LogP contribution is 2.25. The zero-order valence-corrected chi connectivity index (χ0v) is 12.0. The van der Waals surface area contributed by atoms with Gasteiger partial charge in [-0.3, -0.25) is 4.90 Å². The Morgan fingerprint density at radius 3 is 2.42 bits per heavy atom. The molecule has 2 amide bonds. The first-order valence-corrected chi connectivity index (χ1v) is 6.97. The number of carbonyl (C=O) groups is 2. The van der Waals surface area contributed by atoms with Crippen LogP contribution in [0.1, 0.15) is 33.6 Å². The first-order valence-electron chi connectivity index (χ1n) is 6.97. The Labute approximate surface area is 114 Å². The van der Waals surface area contributed by atoms with Crippen LogP contribution in [0.4, 0.5) is 4.79 Å². The molecule has 0 bridgehead atoms. The second-order valence-corrected chi connectivity index (χ2v) is 5.32. The van der Waals surface area contributed by atoms with Crippen molar-refractivity contribution in [3.05, 3.63) is 0 Å².